The molecule has 46 heavy (non-hydrogen) atoms. The Morgan fingerprint density at radius 1 is 1.07 bits per heavy atom. The minimum Gasteiger partial charge on any atom is -0.339 e. The summed E-state index contributed by atoms with van der Waals surface area (Å²) in [6.07, 6.45) is -2.96. The Morgan fingerprint density at radius 2 is 1.78 bits per heavy atom. The van der Waals surface area contributed by atoms with E-state index in [1.54, 1.807) is 17.0 Å². The second-order valence-corrected chi connectivity index (χ2v) is 12.0. The summed E-state index contributed by atoms with van der Waals surface area (Å²) in [5, 5.41) is 9.84. The lowest BCUT2D eigenvalue weighted by molar-refractivity contribution is -0.141. The summed E-state index contributed by atoms with van der Waals surface area (Å²) >= 11 is 6.53. The zero-order chi connectivity index (χ0) is 32.3. The van der Waals surface area contributed by atoms with Crippen molar-refractivity contribution in [3.8, 4) is 11.3 Å². The highest BCUT2D eigenvalue weighted by Gasteiger charge is 2.58. The lowest BCUT2D eigenvalue weighted by Crippen LogP contribution is -2.51. The number of nitrogens with zero attached hydrogens (tertiary/aromatic N) is 7. The van der Waals surface area contributed by atoms with Crippen LogP contribution in [0.4, 0.5) is 33.5 Å². The van der Waals surface area contributed by atoms with Crippen LogP contribution in [0.1, 0.15) is 16.1 Å². The van der Waals surface area contributed by atoms with Crippen molar-refractivity contribution in [2.24, 2.45) is 17.8 Å². The molecule has 1 aromatic carbocycles. The molecule has 0 radical (unpaired) electrons. The van der Waals surface area contributed by atoms with Gasteiger partial charge in [-0.2, -0.15) is 18.3 Å². The van der Waals surface area contributed by atoms with E-state index in [9.17, 15) is 31.5 Å². The Kier molecular flexibility index (Phi) is 7.58. The van der Waals surface area contributed by atoms with Crippen molar-refractivity contribution in [1.82, 2.24) is 39.3 Å². The number of carbonyl (C=O) groups is 2. The van der Waals surface area contributed by atoms with Crippen LogP contribution in [0.5, 0.6) is 0 Å². The normalized spacial score (nSPS) is 21.2. The fourth-order valence-corrected chi connectivity index (χ4v) is 6.72. The highest BCUT2D eigenvalue weighted by Crippen LogP contribution is 2.49. The van der Waals surface area contributed by atoms with Gasteiger partial charge in [-0.1, -0.05) is 11.6 Å². The number of anilines is 2. The molecule has 0 bridgehead atoms. The molecule has 0 spiro atoms. The van der Waals surface area contributed by atoms with Crippen LogP contribution in [0.3, 0.4) is 0 Å². The summed E-state index contributed by atoms with van der Waals surface area (Å²) in [6, 6.07) is 4.70. The van der Waals surface area contributed by atoms with E-state index in [1.807, 2.05) is 4.90 Å². The van der Waals surface area contributed by atoms with E-state index >= 15 is 0 Å². The van der Waals surface area contributed by atoms with Crippen molar-refractivity contribution in [2.45, 2.75) is 19.1 Å². The molecule has 11 nitrogen and oxygen atoms in total. The first-order chi connectivity index (χ1) is 22.0. The van der Waals surface area contributed by atoms with Crippen molar-refractivity contribution in [3.63, 3.8) is 0 Å². The van der Waals surface area contributed by atoms with Crippen molar-refractivity contribution in [2.75, 3.05) is 44.6 Å². The number of hydrogen-bond donors (Lipinski definition) is 2. The van der Waals surface area contributed by atoms with Crippen molar-refractivity contribution >= 4 is 40.6 Å². The summed E-state index contributed by atoms with van der Waals surface area (Å²) in [7, 11) is 0. The van der Waals surface area contributed by atoms with Crippen LogP contribution in [0, 0.1) is 17.8 Å². The average Bonchev–Trinajstić information content (AvgIpc) is 3.43. The molecule has 1 unspecified atom stereocenters. The molecule has 2 amide bonds. The Hall–Kier alpha value is -4.31. The minimum absolute atomic E-state index is 0.0222. The number of benzene rings is 1. The van der Waals surface area contributed by atoms with E-state index in [2.05, 4.69) is 25.7 Å². The first-order valence-corrected chi connectivity index (χ1v) is 15.0. The van der Waals surface area contributed by atoms with Gasteiger partial charge in [0.1, 0.15) is 6.54 Å². The van der Waals surface area contributed by atoms with Gasteiger partial charge in [0.05, 0.1) is 28.0 Å². The Bertz CT molecular complexity index is 1810. The van der Waals surface area contributed by atoms with E-state index in [-0.39, 0.29) is 45.5 Å². The highest BCUT2D eigenvalue weighted by molar-refractivity contribution is 6.34. The second kappa shape index (κ2) is 11.5. The molecule has 3 atom stereocenters. The maximum Gasteiger partial charge on any atom is 0.435 e. The standard InChI is InChI=1S/C29H27ClF5N9O2/c30-20-9-15(1-2-16(20)27(45)41-5-7-42(8-6-41)28(46)23-17-10-36-11-18(17)23)39-25-26-38-12-21(44(26)4-3-37-25)19-13-43(14-22(31)32)40-24(19)29(33,34)35/h1-4,9,12-13,17-18,22-23,36H,5-8,10-11,14H2,(H,37,39)/t17-,18+,23?. The number of nitrogens with one attached hydrogen (secondary N) is 2. The number of piperazine rings is 1. The third-order valence-electron chi connectivity index (χ3n) is 8.78. The van der Waals surface area contributed by atoms with Gasteiger partial charge in [0.15, 0.2) is 17.2 Å². The Morgan fingerprint density at radius 3 is 2.46 bits per heavy atom. The monoisotopic (exact) mass is 663 g/mol. The predicted octanol–water partition coefficient (Wildman–Crippen LogP) is 4.02. The van der Waals surface area contributed by atoms with Crippen molar-refractivity contribution in [3.05, 3.63) is 59.3 Å². The number of alkyl halides is 5. The third-order valence-corrected chi connectivity index (χ3v) is 9.09. The number of rotatable bonds is 7. The van der Waals surface area contributed by atoms with Crippen molar-refractivity contribution < 1.29 is 31.5 Å². The van der Waals surface area contributed by atoms with E-state index in [0.29, 0.717) is 48.4 Å². The maximum atomic E-state index is 13.7. The first kappa shape index (κ1) is 30.3. The van der Waals surface area contributed by atoms with Crippen LogP contribution >= 0.6 is 11.6 Å². The number of aromatic nitrogens is 5. The SMILES string of the molecule is O=C(c1ccc(Nc2nccn3c(-c4cn(CC(F)F)nc4C(F)(F)F)cnc23)cc1Cl)N1CCN(C(=O)C2[C@H]3CNC[C@@H]23)CC1. The van der Waals surface area contributed by atoms with Crippen LogP contribution in [0.25, 0.3) is 16.9 Å². The summed E-state index contributed by atoms with van der Waals surface area (Å²) in [4.78, 5) is 38.2. The van der Waals surface area contributed by atoms with E-state index in [0.717, 1.165) is 19.3 Å². The van der Waals surface area contributed by atoms with Gasteiger partial charge in [0.25, 0.3) is 12.3 Å². The van der Waals surface area contributed by atoms with Crippen molar-refractivity contribution in [1.29, 1.82) is 0 Å². The first-order valence-electron chi connectivity index (χ1n) is 14.6. The summed E-state index contributed by atoms with van der Waals surface area (Å²) in [6.45, 7) is 2.49. The summed E-state index contributed by atoms with van der Waals surface area (Å²) < 4.78 is 68.9. The number of piperidine rings is 1. The van der Waals surface area contributed by atoms with Crippen LogP contribution < -0.4 is 10.6 Å². The van der Waals surface area contributed by atoms with Gasteiger partial charge >= 0.3 is 6.18 Å². The largest absolute Gasteiger partial charge is 0.435 e. The number of imidazole rings is 1. The molecule has 7 rings (SSSR count). The molecule has 3 aliphatic rings. The molecule has 1 saturated carbocycles. The lowest BCUT2D eigenvalue weighted by atomic mass is 10.1. The molecule has 3 fully saturated rings. The smallest absolute Gasteiger partial charge is 0.339 e. The van der Waals surface area contributed by atoms with Crippen LogP contribution in [0.2, 0.25) is 5.02 Å². The van der Waals surface area contributed by atoms with E-state index < -0.39 is 30.4 Å². The molecule has 3 aromatic heterocycles. The number of carbonyl (C=O) groups excluding carboxylic acids is 2. The van der Waals surface area contributed by atoms with E-state index in [1.165, 1.54) is 29.1 Å². The third kappa shape index (κ3) is 5.53. The van der Waals surface area contributed by atoms with Gasteiger partial charge in [-0.3, -0.25) is 18.7 Å². The number of halogens is 6. The van der Waals surface area contributed by atoms with Crippen LogP contribution in [-0.2, 0) is 17.5 Å². The fourth-order valence-electron chi connectivity index (χ4n) is 6.46. The zero-order valence-electron chi connectivity index (χ0n) is 24.0. The van der Waals surface area contributed by atoms with Gasteiger partial charge in [-0.25, -0.2) is 18.7 Å². The number of amides is 2. The molecule has 1 aliphatic carbocycles. The average molecular weight is 664 g/mol. The molecule has 242 valence electrons. The molecule has 2 aliphatic heterocycles. The molecule has 2 saturated heterocycles. The summed E-state index contributed by atoms with van der Waals surface area (Å²) in [5.41, 5.74) is -0.879. The molecular weight excluding hydrogens is 637 g/mol. The molecule has 2 N–H and O–H groups in total. The van der Waals surface area contributed by atoms with Gasteiger partial charge in [-0.05, 0) is 43.1 Å². The zero-order valence-corrected chi connectivity index (χ0v) is 24.8. The highest BCUT2D eigenvalue weighted by atomic mass is 35.5. The van der Waals surface area contributed by atoms with Gasteiger partial charge in [-0.15, -0.1) is 0 Å². The Labute approximate surface area is 263 Å². The Balaban J connectivity index is 1.05. The molecular formula is C29H27ClF5N9O2. The molecule has 5 heterocycles. The van der Waals surface area contributed by atoms with Crippen LogP contribution in [0.15, 0.2) is 43.0 Å². The number of fused-ring (bicyclic) bond motifs is 2. The lowest BCUT2D eigenvalue weighted by Gasteiger charge is -2.35. The van der Waals surface area contributed by atoms with Crippen LogP contribution in [-0.4, -0.2) is 91.5 Å². The van der Waals surface area contributed by atoms with Gasteiger partial charge in [0, 0.05) is 56.4 Å². The fraction of sp³-hybridized carbons (Fsp3) is 0.414. The quantitative estimate of drug-likeness (QED) is 0.287. The minimum atomic E-state index is -4.89. The van der Waals surface area contributed by atoms with E-state index in [4.69, 9.17) is 11.6 Å². The molecule has 4 aromatic rings. The van der Waals surface area contributed by atoms with Gasteiger partial charge < -0.3 is 20.4 Å². The number of hydrogen-bond acceptors (Lipinski definition) is 7. The topological polar surface area (TPSA) is 113 Å². The maximum absolute atomic E-state index is 13.7. The second-order valence-electron chi connectivity index (χ2n) is 11.6. The molecule has 17 heteroatoms. The van der Waals surface area contributed by atoms with Gasteiger partial charge in [0.2, 0.25) is 5.91 Å². The predicted molar refractivity (Wildman–Crippen MR) is 156 cm³/mol. The summed E-state index contributed by atoms with van der Waals surface area (Å²) in [5.74, 6) is 1.05.